The molecule has 0 saturated heterocycles. The molecule has 1 unspecified atom stereocenters. The third-order valence-electron chi connectivity index (χ3n) is 3.81. The van der Waals surface area contributed by atoms with Gasteiger partial charge in [-0.25, -0.2) is 0 Å². The molecule has 5 nitrogen and oxygen atoms in total. The summed E-state index contributed by atoms with van der Waals surface area (Å²) in [6, 6.07) is 14.7. The van der Waals surface area contributed by atoms with Crippen molar-refractivity contribution in [3.05, 3.63) is 59.8 Å². The predicted molar refractivity (Wildman–Crippen MR) is 94.5 cm³/mol. The highest BCUT2D eigenvalue weighted by Crippen LogP contribution is 2.25. The van der Waals surface area contributed by atoms with E-state index >= 15 is 0 Å². The number of H-pyrrole nitrogens is 1. The number of aliphatic hydroxyl groups is 1. The minimum atomic E-state index is -0.655. The number of hydrogen-bond donors (Lipinski definition) is 3. The van der Waals surface area contributed by atoms with Crippen molar-refractivity contribution in [3.63, 3.8) is 0 Å². The minimum absolute atomic E-state index is 0.253. The maximum atomic E-state index is 12.5. The lowest BCUT2D eigenvalue weighted by Crippen LogP contribution is -2.14. The summed E-state index contributed by atoms with van der Waals surface area (Å²) < 4.78 is 5.47. The molecule has 1 atom stereocenters. The van der Waals surface area contributed by atoms with Crippen molar-refractivity contribution in [2.75, 3.05) is 11.9 Å². The van der Waals surface area contributed by atoms with Gasteiger partial charge in [0.15, 0.2) is 0 Å². The highest BCUT2D eigenvalue weighted by atomic mass is 16.5. The zero-order chi connectivity index (χ0) is 17.1. The Morgan fingerprint density at radius 2 is 2.04 bits per heavy atom. The number of hydrogen-bond acceptors (Lipinski definition) is 3. The largest absolute Gasteiger partial charge is 0.494 e. The molecular formula is C19H20N2O3. The lowest BCUT2D eigenvalue weighted by Gasteiger charge is -2.12. The van der Waals surface area contributed by atoms with Crippen molar-refractivity contribution < 1.29 is 14.6 Å². The van der Waals surface area contributed by atoms with Crippen LogP contribution in [0.3, 0.4) is 0 Å². The maximum Gasteiger partial charge on any atom is 0.272 e. The summed E-state index contributed by atoms with van der Waals surface area (Å²) in [7, 11) is 0. The molecule has 2 aromatic carbocycles. The smallest absolute Gasteiger partial charge is 0.272 e. The van der Waals surface area contributed by atoms with E-state index in [1.54, 1.807) is 25.1 Å². The summed E-state index contributed by atoms with van der Waals surface area (Å²) in [6.07, 6.45) is -0.655. The summed E-state index contributed by atoms with van der Waals surface area (Å²) in [5.74, 6) is 0.510. The third-order valence-corrected chi connectivity index (χ3v) is 3.81. The Bertz CT molecular complexity index is 868. The van der Waals surface area contributed by atoms with Crippen LogP contribution in [0.2, 0.25) is 0 Å². The minimum Gasteiger partial charge on any atom is -0.494 e. The van der Waals surface area contributed by atoms with Crippen LogP contribution in [0.15, 0.2) is 48.5 Å². The van der Waals surface area contributed by atoms with Crippen molar-refractivity contribution in [1.82, 2.24) is 4.98 Å². The number of rotatable bonds is 5. The summed E-state index contributed by atoms with van der Waals surface area (Å²) in [6.45, 7) is 4.19. The van der Waals surface area contributed by atoms with E-state index in [9.17, 15) is 9.90 Å². The third kappa shape index (κ3) is 3.26. The summed E-state index contributed by atoms with van der Waals surface area (Å²) in [5, 5.41) is 13.6. The van der Waals surface area contributed by atoms with Gasteiger partial charge in [-0.05, 0) is 38.1 Å². The van der Waals surface area contributed by atoms with Gasteiger partial charge in [0.2, 0.25) is 0 Å². The van der Waals surface area contributed by atoms with Crippen LogP contribution in [0.4, 0.5) is 5.69 Å². The predicted octanol–water partition coefficient (Wildman–Crippen LogP) is 3.87. The van der Waals surface area contributed by atoms with Gasteiger partial charge >= 0.3 is 0 Å². The van der Waals surface area contributed by atoms with E-state index in [2.05, 4.69) is 10.3 Å². The molecule has 1 amide bonds. The quantitative estimate of drug-likeness (QED) is 0.667. The zero-order valence-corrected chi connectivity index (χ0v) is 13.7. The number of carbonyl (C=O) groups is 1. The topological polar surface area (TPSA) is 74.3 Å². The standard InChI is InChI=1S/C19H20N2O3/c1-3-24-14-9-8-13-10-18(20-17(13)11-14)19(23)21-16-7-5-4-6-15(16)12(2)22/h4-12,20,22H,3H2,1-2H3,(H,21,23). The fourth-order valence-electron chi connectivity index (χ4n) is 2.65. The molecule has 0 radical (unpaired) electrons. The van der Waals surface area contributed by atoms with Gasteiger partial charge in [0.25, 0.3) is 5.91 Å². The number of ether oxygens (including phenoxy) is 1. The van der Waals surface area contributed by atoms with Crippen molar-refractivity contribution in [2.24, 2.45) is 0 Å². The number of para-hydroxylation sites is 1. The molecule has 0 spiro atoms. The van der Waals surface area contributed by atoms with Gasteiger partial charge in [-0.2, -0.15) is 0 Å². The molecular weight excluding hydrogens is 304 g/mol. The monoisotopic (exact) mass is 324 g/mol. The fourth-order valence-corrected chi connectivity index (χ4v) is 2.65. The number of nitrogens with one attached hydrogen (secondary N) is 2. The van der Waals surface area contributed by atoms with E-state index in [4.69, 9.17) is 4.74 Å². The van der Waals surface area contributed by atoms with Crippen LogP contribution in [0.5, 0.6) is 5.75 Å². The molecule has 0 aliphatic carbocycles. The molecule has 0 bridgehead atoms. The van der Waals surface area contributed by atoms with Crippen LogP contribution < -0.4 is 10.1 Å². The van der Waals surface area contributed by atoms with Gasteiger partial charge in [0.05, 0.1) is 12.7 Å². The first-order valence-corrected chi connectivity index (χ1v) is 7.92. The average Bonchev–Trinajstić information content (AvgIpc) is 2.99. The number of amides is 1. The Labute approximate surface area is 140 Å². The van der Waals surface area contributed by atoms with Crippen molar-refractivity contribution in [3.8, 4) is 5.75 Å². The molecule has 0 aliphatic heterocycles. The summed E-state index contributed by atoms with van der Waals surface area (Å²) >= 11 is 0. The van der Waals surface area contributed by atoms with Crippen LogP contribution >= 0.6 is 0 Å². The van der Waals surface area contributed by atoms with Gasteiger partial charge in [0.1, 0.15) is 11.4 Å². The van der Waals surface area contributed by atoms with Gasteiger partial charge in [-0.15, -0.1) is 0 Å². The Kier molecular flexibility index (Phi) is 4.53. The normalized spacial score (nSPS) is 12.1. The average molecular weight is 324 g/mol. The highest BCUT2D eigenvalue weighted by molar-refractivity contribution is 6.06. The lowest BCUT2D eigenvalue weighted by molar-refractivity contribution is 0.102. The van der Waals surface area contributed by atoms with Crippen LogP contribution in [0.25, 0.3) is 10.9 Å². The Balaban J connectivity index is 1.86. The van der Waals surface area contributed by atoms with Gasteiger partial charge < -0.3 is 20.1 Å². The second-order valence-corrected chi connectivity index (χ2v) is 5.58. The van der Waals surface area contributed by atoms with Gasteiger partial charge in [-0.1, -0.05) is 18.2 Å². The SMILES string of the molecule is CCOc1ccc2cc(C(=O)Nc3ccccc3C(C)O)[nH]c2c1. The van der Waals surface area contributed by atoms with Gasteiger partial charge in [0, 0.05) is 28.2 Å². The molecule has 0 fully saturated rings. The number of aliphatic hydroxyl groups excluding tert-OH is 1. The molecule has 124 valence electrons. The number of fused-ring (bicyclic) bond motifs is 1. The van der Waals surface area contributed by atoms with Crippen molar-refractivity contribution in [1.29, 1.82) is 0 Å². The fraction of sp³-hybridized carbons (Fsp3) is 0.211. The lowest BCUT2D eigenvalue weighted by atomic mass is 10.1. The molecule has 0 saturated carbocycles. The van der Waals surface area contributed by atoms with Crippen LogP contribution in [-0.2, 0) is 0 Å². The highest BCUT2D eigenvalue weighted by Gasteiger charge is 2.14. The van der Waals surface area contributed by atoms with E-state index in [0.717, 1.165) is 16.7 Å². The Morgan fingerprint density at radius 1 is 1.25 bits per heavy atom. The van der Waals surface area contributed by atoms with Crippen LogP contribution in [-0.4, -0.2) is 22.6 Å². The van der Waals surface area contributed by atoms with Crippen LogP contribution in [0.1, 0.15) is 36.0 Å². The summed E-state index contributed by atoms with van der Waals surface area (Å²) in [5.41, 5.74) is 2.58. The van der Waals surface area contributed by atoms with E-state index < -0.39 is 6.10 Å². The molecule has 0 aliphatic rings. The summed E-state index contributed by atoms with van der Waals surface area (Å²) in [4.78, 5) is 15.6. The Hall–Kier alpha value is -2.79. The number of aromatic nitrogens is 1. The molecule has 3 aromatic rings. The van der Waals surface area contributed by atoms with Crippen molar-refractivity contribution >= 4 is 22.5 Å². The molecule has 1 heterocycles. The number of anilines is 1. The molecule has 24 heavy (non-hydrogen) atoms. The Morgan fingerprint density at radius 3 is 2.79 bits per heavy atom. The molecule has 3 N–H and O–H groups in total. The van der Waals surface area contributed by atoms with Crippen LogP contribution in [0, 0.1) is 0 Å². The molecule has 3 rings (SSSR count). The molecule has 1 aromatic heterocycles. The first kappa shape index (κ1) is 16.1. The first-order valence-electron chi connectivity index (χ1n) is 7.92. The van der Waals surface area contributed by atoms with Crippen molar-refractivity contribution in [2.45, 2.75) is 20.0 Å². The zero-order valence-electron chi connectivity index (χ0n) is 13.7. The van der Waals surface area contributed by atoms with E-state index in [1.807, 2.05) is 37.3 Å². The van der Waals surface area contributed by atoms with Gasteiger partial charge in [-0.3, -0.25) is 4.79 Å². The second-order valence-electron chi connectivity index (χ2n) is 5.58. The number of carbonyl (C=O) groups excluding carboxylic acids is 1. The second kappa shape index (κ2) is 6.76. The van der Waals surface area contributed by atoms with E-state index in [0.29, 0.717) is 23.6 Å². The van der Waals surface area contributed by atoms with E-state index in [-0.39, 0.29) is 5.91 Å². The number of aromatic amines is 1. The molecule has 5 heteroatoms. The maximum absolute atomic E-state index is 12.5. The number of benzene rings is 2. The van der Waals surface area contributed by atoms with E-state index in [1.165, 1.54) is 0 Å². The first-order chi connectivity index (χ1) is 11.6.